The second kappa shape index (κ2) is 5.99. The Morgan fingerprint density at radius 2 is 1.83 bits per heavy atom. The van der Waals surface area contributed by atoms with E-state index in [0.29, 0.717) is 5.75 Å². The molecule has 0 saturated carbocycles. The van der Waals surface area contributed by atoms with Crippen molar-refractivity contribution in [1.29, 1.82) is 0 Å². The van der Waals surface area contributed by atoms with Gasteiger partial charge in [-0.15, -0.1) is 11.8 Å². The standard InChI is InChI=1S/C19H23NOS2/c1-6-23(21)12-7-8-13-14-10-17(20-4)18(22-5)11-16(14)19(2,3)15(13)9-12/h7-11,20H,6H2,1-5H3. The molecule has 1 unspecified atom stereocenters. The predicted octanol–water partition coefficient (Wildman–Crippen LogP) is 4.88. The van der Waals surface area contributed by atoms with Crippen molar-refractivity contribution in [2.45, 2.75) is 36.0 Å². The Morgan fingerprint density at radius 1 is 1.13 bits per heavy atom. The lowest BCUT2D eigenvalue weighted by Crippen LogP contribution is -2.15. The van der Waals surface area contributed by atoms with E-state index >= 15 is 0 Å². The molecule has 0 heterocycles. The quantitative estimate of drug-likeness (QED) is 0.801. The van der Waals surface area contributed by atoms with Crippen molar-refractivity contribution >= 4 is 28.2 Å². The van der Waals surface area contributed by atoms with E-state index in [2.05, 4.69) is 49.7 Å². The lowest BCUT2D eigenvalue weighted by atomic mass is 9.82. The van der Waals surface area contributed by atoms with Gasteiger partial charge in [-0.25, -0.2) is 0 Å². The number of nitrogens with one attached hydrogen (secondary N) is 1. The summed E-state index contributed by atoms with van der Waals surface area (Å²) in [5, 5.41) is 3.30. The number of fused-ring (bicyclic) bond motifs is 3. The number of hydrogen-bond acceptors (Lipinski definition) is 3. The van der Waals surface area contributed by atoms with Crippen molar-refractivity contribution < 1.29 is 4.21 Å². The van der Waals surface area contributed by atoms with Crippen LogP contribution in [0.25, 0.3) is 11.1 Å². The molecule has 23 heavy (non-hydrogen) atoms. The first-order valence-electron chi connectivity index (χ1n) is 7.87. The smallest absolute Gasteiger partial charge is 0.0526 e. The van der Waals surface area contributed by atoms with Crippen molar-refractivity contribution in [2.24, 2.45) is 0 Å². The topological polar surface area (TPSA) is 29.1 Å². The van der Waals surface area contributed by atoms with E-state index in [0.717, 1.165) is 4.90 Å². The fraction of sp³-hybridized carbons (Fsp3) is 0.368. The SMILES string of the molecule is CCS(=O)c1ccc2c(c1)C(C)(C)c1cc(SC)c(NC)cc1-2. The fourth-order valence-corrected chi connectivity index (χ4v) is 4.83. The van der Waals surface area contributed by atoms with E-state index in [-0.39, 0.29) is 5.41 Å². The van der Waals surface area contributed by atoms with Gasteiger partial charge in [0.2, 0.25) is 0 Å². The van der Waals surface area contributed by atoms with Crippen LogP contribution in [0.3, 0.4) is 0 Å². The van der Waals surface area contributed by atoms with E-state index in [9.17, 15) is 4.21 Å². The first-order valence-corrected chi connectivity index (χ1v) is 10.4. The summed E-state index contributed by atoms with van der Waals surface area (Å²) in [6.45, 7) is 6.49. The van der Waals surface area contributed by atoms with Gasteiger partial charge in [-0.1, -0.05) is 26.8 Å². The number of benzene rings is 2. The number of hydrogen-bond donors (Lipinski definition) is 1. The zero-order valence-electron chi connectivity index (χ0n) is 14.3. The largest absolute Gasteiger partial charge is 0.387 e. The van der Waals surface area contributed by atoms with Crippen LogP contribution in [0.15, 0.2) is 40.1 Å². The Bertz CT molecular complexity index is 796. The highest BCUT2D eigenvalue weighted by Crippen LogP contribution is 2.51. The molecule has 4 heteroatoms. The molecule has 2 aromatic carbocycles. The minimum absolute atomic E-state index is 0.0601. The molecule has 1 aliphatic carbocycles. The summed E-state index contributed by atoms with van der Waals surface area (Å²) < 4.78 is 12.2. The lowest BCUT2D eigenvalue weighted by molar-refractivity contribution is 0.655. The maximum absolute atomic E-state index is 12.2. The van der Waals surface area contributed by atoms with Gasteiger partial charge in [-0.2, -0.15) is 0 Å². The summed E-state index contributed by atoms with van der Waals surface area (Å²) in [5.74, 6) is 0.659. The Balaban J connectivity index is 2.24. The summed E-state index contributed by atoms with van der Waals surface area (Å²) in [5.41, 5.74) is 6.31. The molecule has 0 spiro atoms. The average molecular weight is 346 g/mol. The number of thioether (sulfide) groups is 1. The fourth-order valence-electron chi connectivity index (χ4n) is 3.41. The van der Waals surface area contributed by atoms with Crippen molar-refractivity contribution in [1.82, 2.24) is 0 Å². The second-order valence-corrected chi connectivity index (χ2v) is 8.90. The summed E-state index contributed by atoms with van der Waals surface area (Å²) in [6, 6.07) is 10.9. The molecule has 0 bridgehead atoms. The molecule has 2 aromatic rings. The van der Waals surface area contributed by atoms with Gasteiger partial charge in [0.05, 0.1) is 10.8 Å². The second-order valence-electron chi connectivity index (χ2n) is 6.31. The van der Waals surface area contributed by atoms with E-state index in [1.807, 2.05) is 20.0 Å². The normalized spacial score (nSPS) is 15.9. The van der Waals surface area contributed by atoms with Gasteiger partial charge in [0, 0.05) is 33.7 Å². The molecule has 1 atom stereocenters. The Hall–Kier alpha value is -1.26. The third-order valence-corrected chi connectivity index (χ3v) is 6.84. The average Bonchev–Trinajstić information content (AvgIpc) is 2.79. The van der Waals surface area contributed by atoms with Crippen LogP contribution in [-0.2, 0) is 16.2 Å². The van der Waals surface area contributed by atoms with Gasteiger partial charge >= 0.3 is 0 Å². The van der Waals surface area contributed by atoms with Gasteiger partial charge in [0.15, 0.2) is 0 Å². The van der Waals surface area contributed by atoms with Gasteiger partial charge < -0.3 is 5.32 Å². The van der Waals surface area contributed by atoms with Crippen LogP contribution in [0.1, 0.15) is 31.9 Å². The summed E-state index contributed by atoms with van der Waals surface area (Å²) in [7, 11) is 1.06. The van der Waals surface area contributed by atoms with E-state index in [1.54, 1.807) is 11.8 Å². The van der Waals surface area contributed by atoms with Gasteiger partial charge in [0.25, 0.3) is 0 Å². The molecule has 2 nitrogen and oxygen atoms in total. The molecule has 0 amide bonds. The molecule has 3 rings (SSSR count). The van der Waals surface area contributed by atoms with Crippen LogP contribution in [0, 0.1) is 0 Å². The first-order chi connectivity index (χ1) is 10.9. The minimum atomic E-state index is -0.910. The van der Waals surface area contributed by atoms with Crippen molar-refractivity contribution in [3.8, 4) is 11.1 Å². The lowest BCUT2D eigenvalue weighted by Gasteiger charge is -2.23. The third kappa shape index (κ3) is 2.52. The maximum atomic E-state index is 12.2. The highest BCUT2D eigenvalue weighted by atomic mass is 32.2. The van der Waals surface area contributed by atoms with E-state index < -0.39 is 10.8 Å². The van der Waals surface area contributed by atoms with E-state index in [4.69, 9.17) is 0 Å². The van der Waals surface area contributed by atoms with Crippen LogP contribution in [0.5, 0.6) is 0 Å². The van der Waals surface area contributed by atoms with Crippen LogP contribution in [-0.4, -0.2) is 23.3 Å². The van der Waals surface area contributed by atoms with Crippen molar-refractivity contribution in [3.63, 3.8) is 0 Å². The summed E-state index contributed by atoms with van der Waals surface area (Å²) in [6.07, 6.45) is 2.11. The van der Waals surface area contributed by atoms with Crippen LogP contribution >= 0.6 is 11.8 Å². The molecule has 0 aromatic heterocycles. The highest BCUT2D eigenvalue weighted by Gasteiger charge is 2.36. The molecule has 0 saturated heterocycles. The molecule has 0 fully saturated rings. The van der Waals surface area contributed by atoms with Crippen LogP contribution < -0.4 is 5.32 Å². The molecule has 0 radical (unpaired) electrons. The molecule has 122 valence electrons. The number of rotatable bonds is 4. The van der Waals surface area contributed by atoms with Gasteiger partial charge in [0.1, 0.15) is 0 Å². The molecular weight excluding hydrogens is 322 g/mol. The summed E-state index contributed by atoms with van der Waals surface area (Å²) in [4.78, 5) is 2.20. The van der Waals surface area contributed by atoms with Crippen molar-refractivity contribution in [2.75, 3.05) is 24.4 Å². The molecule has 1 N–H and O–H groups in total. The third-order valence-electron chi connectivity index (χ3n) is 4.76. The Morgan fingerprint density at radius 3 is 2.43 bits per heavy atom. The highest BCUT2D eigenvalue weighted by molar-refractivity contribution is 7.98. The maximum Gasteiger partial charge on any atom is 0.0526 e. The van der Waals surface area contributed by atoms with Crippen LogP contribution in [0.2, 0.25) is 0 Å². The van der Waals surface area contributed by atoms with Crippen LogP contribution in [0.4, 0.5) is 5.69 Å². The summed E-state index contributed by atoms with van der Waals surface area (Å²) >= 11 is 1.77. The van der Waals surface area contributed by atoms with Gasteiger partial charge in [-0.3, -0.25) is 4.21 Å². The van der Waals surface area contributed by atoms with Gasteiger partial charge in [-0.05, 0) is 52.8 Å². The molecular formula is C19H23NOS2. The van der Waals surface area contributed by atoms with Crippen molar-refractivity contribution in [3.05, 3.63) is 41.5 Å². The zero-order valence-corrected chi connectivity index (χ0v) is 16.0. The zero-order chi connectivity index (χ0) is 16.8. The first kappa shape index (κ1) is 16.6. The molecule has 0 aliphatic heterocycles. The predicted molar refractivity (Wildman–Crippen MR) is 102 cm³/mol. The van der Waals surface area contributed by atoms with E-state index in [1.165, 1.54) is 32.8 Å². The Kier molecular flexibility index (Phi) is 4.32. The Labute approximate surface area is 145 Å². The minimum Gasteiger partial charge on any atom is -0.387 e. The molecule has 1 aliphatic rings. The number of anilines is 1. The monoisotopic (exact) mass is 345 g/mol.